The van der Waals surface area contributed by atoms with Crippen LogP contribution in [-0.2, 0) is 9.53 Å². The zero-order valence-corrected chi connectivity index (χ0v) is 6.39. The average molecular weight is 140 g/mol. The molecule has 2 heteroatoms. The van der Waals surface area contributed by atoms with Gasteiger partial charge in [-0.25, -0.2) is 0 Å². The fourth-order valence-electron chi connectivity index (χ4n) is 1.21. The molecule has 0 unspecified atom stereocenters. The van der Waals surface area contributed by atoms with Crippen LogP contribution in [0.4, 0.5) is 0 Å². The Morgan fingerprint density at radius 2 is 2.50 bits per heavy atom. The number of ether oxygens (including phenoxy) is 1. The fraction of sp³-hybridized carbons (Fsp3) is 0.625. The van der Waals surface area contributed by atoms with Gasteiger partial charge in [0.25, 0.3) is 0 Å². The molecule has 0 aromatic heterocycles. The molecule has 2 atom stereocenters. The quantitative estimate of drug-likeness (QED) is 0.427. The SMILES string of the molecule is C=C[C@H]1C[C@@]1(C)C(=O)OC. The van der Waals surface area contributed by atoms with Gasteiger partial charge in [0, 0.05) is 0 Å². The summed E-state index contributed by atoms with van der Waals surface area (Å²) in [4.78, 5) is 11.0. The molecule has 56 valence electrons. The second-order valence-electron chi connectivity index (χ2n) is 2.96. The summed E-state index contributed by atoms with van der Waals surface area (Å²) in [7, 11) is 1.42. The number of carbonyl (C=O) groups excluding carboxylic acids is 1. The first-order valence-corrected chi connectivity index (χ1v) is 3.36. The lowest BCUT2D eigenvalue weighted by Crippen LogP contribution is -2.15. The van der Waals surface area contributed by atoms with E-state index in [-0.39, 0.29) is 11.4 Å². The highest BCUT2D eigenvalue weighted by molar-refractivity contribution is 5.80. The molecular formula is C8H12O2. The molecule has 0 radical (unpaired) electrons. The van der Waals surface area contributed by atoms with Gasteiger partial charge in [0.2, 0.25) is 0 Å². The number of esters is 1. The largest absolute Gasteiger partial charge is 0.469 e. The highest BCUT2D eigenvalue weighted by atomic mass is 16.5. The van der Waals surface area contributed by atoms with E-state index >= 15 is 0 Å². The third kappa shape index (κ3) is 0.838. The lowest BCUT2D eigenvalue weighted by Gasteiger charge is -2.04. The summed E-state index contributed by atoms with van der Waals surface area (Å²) < 4.78 is 4.62. The van der Waals surface area contributed by atoms with E-state index in [0.717, 1.165) is 6.42 Å². The maximum Gasteiger partial charge on any atom is 0.312 e. The van der Waals surface area contributed by atoms with Gasteiger partial charge in [-0.15, -0.1) is 6.58 Å². The topological polar surface area (TPSA) is 26.3 Å². The van der Waals surface area contributed by atoms with Gasteiger partial charge in [-0.05, 0) is 19.3 Å². The van der Waals surface area contributed by atoms with E-state index in [9.17, 15) is 4.79 Å². The van der Waals surface area contributed by atoms with E-state index in [1.54, 1.807) is 0 Å². The molecule has 0 aromatic rings. The molecule has 2 nitrogen and oxygen atoms in total. The van der Waals surface area contributed by atoms with E-state index in [4.69, 9.17) is 0 Å². The van der Waals surface area contributed by atoms with Gasteiger partial charge >= 0.3 is 5.97 Å². The van der Waals surface area contributed by atoms with Crippen LogP contribution in [0.1, 0.15) is 13.3 Å². The minimum absolute atomic E-state index is 0.114. The maximum absolute atomic E-state index is 11.0. The van der Waals surface area contributed by atoms with Crippen LogP contribution in [0.25, 0.3) is 0 Å². The summed E-state index contributed by atoms with van der Waals surface area (Å²) in [5, 5.41) is 0. The van der Waals surface area contributed by atoms with Crippen LogP contribution in [0, 0.1) is 11.3 Å². The number of hydrogen-bond donors (Lipinski definition) is 0. The molecule has 0 amide bonds. The number of rotatable bonds is 2. The molecular weight excluding hydrogens is 128 g/mol. The predicted molar refractivity (Wildman–Crippen MR) is 38.4 cm³/mol. The van der Waals surface area contributed by atoms with Crippen LogP contribution in [0.5, 0.6) is 0 Å². The van der Waals surface area contributed by atoms with Gasteiger partial charge in [0.15, 0.2) is 0 Å². The van der Waals surface area contributed by atoms with Gasteiger partial charge in [0.1, 0.15) is 0 Å². The third-order valence-corrected chi connectivity index (χ3v) is 2.24. The van der Waals surface area contributed by atoms with Gasteiger partial charge in [-0.3, -0.25) is 4.79 Å². The highest BCUT2D eigenvalue weighted by Crippen LogP contribution is 2.53. The van der Waals surface area contributed by atoms with Crippen LogP contribution in [0.15, 0.2) is 12.7 Å². The van der Waals surface area contributed by atoms with Crippen molar-refractivity contribution in [1.82, 2.24) is 0 Å². The Morgan fingerprint density at radius 1 is 1.90 bits per heavy atom. The minimum atomic E-state index is -0.253. The molecule has 1 rings (SSSR count). The van der Waals surface area contributed by atoms with Gasteiger partial charge in [0.05, 0.1) is 12.5 Å². The standard InChI is InChI=1S/C8H12O2/c1-4-6-5-8(6,2)7(9)10-3/h4,6H,1,5H2,2-3H3/t6-,8+/m0/s1. The zero-order chi connectivity index (χ0) is 7.78. The Balaban J connectivity index is 2.58. The number of hydrogen-bond acceptors (Lipinski definition) is 2. The molecule has 0 spiro atoms. The number of carbonyl (C=O) groups is 1. The Morgan fingerprint density at radius 3 is 2.80 bits per heavy atom. The molecule has 0 saturated heterocycles. The number of allylic oxidation sites excluding steroid dienone is 1. The van der Waals surface area contributed by atoms with Crippen molar-refractivity contribution in [2.45, 2.75) is 13.3 Å². The lowest BCUT2D eigenvalue weighted by molar-refractivity contribution is -0.146. The van der Waals surface area contributed by atoms with Crippen molar-refractivity contribution in [3.63, 3.8) is 0 Å². The fourth-order valence-corrected chi connectivity index (χ4v) is 1.21. The van der Waals surface area contributed by atoms with Gasteiger partial charge in [-0.1, -0.05) is 6.08 Å². The first-order valence-electron chi connectivity index (χ1n) is 3.36. The summed E-state index contributed by atoms with van der Waals surface area (Å²) in [6.07, 6.45) is 2.71. The van der Waals surface area contributed by atoms with E-state index in [0.29, 0.717) is 5.92 Å². The molecule has 1 aliphatic rings. The molecule has 0 N–H and O–H groups in total. The highest BCUT2D eigenvalue weighted by Gasteiger charge is 2.55. The molecule has 0 aromatic carbocycles. The average Bonchev–Trinajstić information content (AvgIpc) is 2.61. The molecule has 0 aliphatic heterocycles. The Kier molecular flexibility index (Phi) is 1.55. The summed E-state index contributed by atoms with van der Waals surface area (Å²) in [5.74, 6) is 0.220. The van der Waals surface area contributed by atoms with Gasteiger partial charge in [-0.2, -0.15) is 0 Å². The summed E-state index contributed by atoms with van der Waals surface area (Å²) in [6, 6.07) is 0. The van der Waals surface area contributed by atoms with Crippen molar-refractivity contribution < 1.29 is 9.53 Å². The molecule has 0 heterocycles. The normalized spacial score (nSPS) is 36.8. The minimum Gasteiger partial charge on any atom is -0.469 e. The van der Waals surface area contributed by atoms with E-state index in [1.165, 1.54) is 7.11 Å². The van der Waals surface area contributed by atoms with Crippen molar-refractivity contribution in [3.8, 4) is 0 Å². The second-order valence-corrected chi connectivity index (χ2v) is 2.96. The van der Waals surface area contributed by atoms with Crippen molar-refractivity contribution in [2.75, 3.05) is 7.11 Å². The van der Waals surface area contributed by atoms with Crippen LogP contribution in [0.2, 0.25) is 0 Å². The third-order valence-electron chi connectivity index (χ3n) is 2.24. The molecule has 1 aliphatic carbocycles. The molecule has 1 saturated carbocycles. The zero-order valence-electron chi connectivity index (χ0n) is 6.39. The van der Waals surface area contributed by atoms with E-state index in [2.05, 4.69) is 11.3 Å². The van der Waals surface area contributed by atoms with Crippen LogP contribution >= 0.6 is 0 Å². The van der Waals surface area contributed by atoms with Crippen LogP contribution in [0.3, 0.4) is 0 Å². The first-order chi connectivity index (χ1) is 4.65. The Labute approximate surface area is 60.9 Å². The molecule has 1 fully saturated rings. The Hall–Kier alpha value is -0.790. The van der Waals surface area contributed by atoms with Crippen molar-refractivity contribution in [1.29, 1.82) is 0 Å². The maximum atomic E-state index is 11.0. The van der Waals surface area contributed by atoms with Crippen molar-refractivity contribution in [2.24, 2.45) is 11.3 Å². The van der Waals surface area contributed by atoms with Crippen molar-refractivity contribution >= 4 is 5.97 Å². The molecule has 10 heavy (non-hydrogen) atoms. The predicted octanol–water partition coefficient (Wildman–Crippen LogP) is 1.37. The number of methoxy groups -OCH3 is 1. The summed E-state index contributed by atoms with van der Waals surface area (Å²) in [6.45, 7) is 5.53. The Bertz CT molecular complexity index is 174. The first kappa shape index (κ1) is 7.32. The lowest BCUT2D eigenvalue weighted by atomic mass is 10.1. The summed E-state index contributed by atoms with van der Waals surface area (Å²) >= 11 is 0. The smallest absolute Gasteiger partial charge is 0.312 e. The monoisotopic (exact) mass is 140 g/mol. The molecule has 0 bridgehead atoms. The van der Waals surface area contributed by atoms with Crippen molar-refractivity contribution in [3.05, 3.63) is 12.7 Å². The van der Waals surface area contributed by atoms with E-state index < -0.39 is 0 Å². The van der Waals surface area contributed by atoms with Crippen LogP contribution in [-0.4, -0.2) is 13.1 Å². The summed E-state index contributed by atoms with van der Waals surface area (Å²) in [5.41, 5.74) is -0.253. The van der Waals surface area contributed by atoms with Gasteiger partial charge < -0.3 is 4.74 Å². The van der Waals surface area contributed by atoms with E-state index in [1.807, 2.05) is 13.0 Å². The second kappa shape index (κ2) is 2.11. The van der Waals surface area contributed by atoms with Crippen LogP contribution < -0.4 is 0 Å².